The van der Waals surface area contributed by atoms with Crippen LogP contribution in [0.3, 0.4) is 0 Å². The Bertz CT molecular complexity index is 450. The van der Waals surface area contributed by atoms with Gasteiger partial charge in [0.05, 0.1) is 13.2 Å². The van der Waals surface area contributed by atoms with Gasteiger partial charge in [0.15, 0.2) is 0 Å². The molecule has 0 unspecified atom stereocenters. The van der Waals surface area contributed by atoms with Gasteiger partial charge in [-0.1, -0.05) is 39.3 Å². The Morgan fingerprint density at radius 1 is 1.35 bits per heavy atom. The fourth-order valence-electron chi connectivity index (χ4n) is 1.75. The summed E-state index contributed by atoms with van der Waals surface area (Å²) >= 11 is 0. The van der Waals surface area contributed by atoms with Crippen LogP contribution in [0.1, 0.15) is 44.7 Å². The molecule has 20 heavy (non-hydrogen) atoms. The number of benzene rings is 1. The number of unbranched alkanes of at least 4 members (excludes halogenated alkanes) is 1. The van der Waals surface area contributed by atoms with Crippen molar-refractivity contribution in [1.29, 1.82) is 0 Å². The summed E-state index contributed by atoms with van der Waals surface area (Å²) in [6.45, 7) is 8.24. The molecule has 3 heteroatoms. The van der Waals surface area contributed by atoms with Crippen molar-refractivity contribution < 1.29 is 14.6 Å². The van der Waals surface area contributed by atoms with Gasteiger partial charge in [0.25, 0.3) is 0 Å². The lowest BCUT2D eigenvalue weighted by Crippen LogP contribution is -2.29. The number of carbonyl (C=O) groups is 1. The lowest BCUT2D eigenvalue weighted by Gasteiger charge is -2.20. The molecule has 1 aromatic rings. The second-order valence-electron chi connectivity index (χ2n) is 5.94. The average Bonchev–Trinajstić information content (AvgIpc) is 2.42. The molecular weight excluding hydrogens is 252 g/mol. The first-order valence-electron chi connectivity index (χ1n) is 7.27. The smallest absolute Gasteiger partial charge is 0.145 e. The first kappa shape index (κ1) is 16.7. The number of hydrogen-bond donors (Lipinski definition) is 1. The van der Waals surface area contributed by atoms with E-state index in [0.29, 0.717) is 13.0 Å². The first-order chi connectivity index (χ1) is 9.40. The van der Waals surface area contributed by atoms with Gasteiger partial charge in [-0.3, -0.25) is 4.79 Å². The lowest BCUT2D eigenvalue weighted by molar-refractivity contribution is -0.128. The largest absolute Gasteiger partial charge is 0.493 e. The Morgan fingerprint density at radius 2 is 2.05 bits per heavy atom. The molecule has 0 bridgehead atoms. The molecule has 0 aliphatic heterocycles. The van der Waals surface area contributed by atoms with Crippen molar-refractivity contribution in [1.82, 2.24) is 0 Å². The summed E-state index contributed by atoms with van der Waals surface area (Å²) < 4.78 is 5.75. The number of Topliss-reactive ketones (excluding diaryl/α,β-unsaturated/α-hetero) is 1. The molecule has 0 fully saturated rings. The van der Waals surface area contributed by atoms with Crippen molar-refractivity contribution in [3.05, 3.63) is 29.3 Å². The van der Waals surface area contributed by atoms with Crippen molar-refractivity contribution in [3.8, 4) is 5.75 Å². The van der Waals surface area contributed by atoms with Crippen molar-refractivity contribution in [2.45, 2.75) is 47.0 Å². The molecule has 0 aliphatic carbocycles. The molecule has 0 saturated heterocycles. The van der Waals surface area contributed by atoms with Crippen LogP contribution in [0.5, 0.6) is 5.75 Å². The number of carbonyl (C=O) groups excluding carboxylic acids is 1. The monoisotopic (exact) mass is 278 g/mol. The molecule has 0 aliphatic rings. The van der Waals surface area contributed by atoms with Gasteiger partial charge in [-0.15, -0.1) is 0 Å². The molecule has 112 valence electrons. The Balaban J connectivity index is 2.77. The molecule has 0 aromatic heterocycles. The quantitative estimate of drug-likeness (QED) is 0.742. The minimum absolute atomic E-state index is 0.0448. The maximum absolute atomic E-state index is 12.1. The Morgan fingerprint density at radius 3 is 2.65 bits per heavy atom. The minimum atomic E-state index is -0.686. The summed E-state index contributed by atoms with van der Waals surface area (Å²) in [6, 6.07) is 5.87. The molecule has 1 rings (SSSR count). The molecule has 1 aromatic carbocycles. The minimum Gasteiger partial charge on any atom is -0.493 e. The van der Waals surface area contributed by atoms with Gasteiger partial charge in [-0.2, -0.15) is 0 Å². The molecule has 0 saturated carbocycles. The summed E-state index contributed by atoms with van der Waals surface area (Å²) in [6.07, 6.45) is 2.46. The standard InChI is InChI=1S/C17H26O3/c1-5-6-9-20-15-10-14(8-7-13(15)2)11-16(19)17(3,4)12-18/h7-8,10,18H,5-6,9,11-12H2,1-4H3. The van der Waals surface area contributed by atoms with Gasteiger partial charge in [-0.25, -0.2) is 0 Å². The van der Waals surface area contributed by atoms with Crippen LogP contribution < -0.4 is 4.74 Å². The van der Waals surface area contributed by atoms with Gasteiger partial charge in [0.1, 0.15) is 11.5 Å². The van der Waals surface area contributed by atoms with E-state index in [2.05, 4.69) is 6.92 Å². The predicted molar refractivity (Wildman–Crippen MR) is 81.2 cm³/mol. The van der Waals surface area contributed by atoms with Crippen LogP contribution in [0.25, 0.3) is 0 Å². The van der Waals surface area contributed by atoms with E-state index in [4.69, 9.17) is 4.74 Å². The fourth-order valence-corrected chi connectivity index (χ4v) is 1.75. The lowest BCUT2D eigenvalue weighted by atomic mass is 9.85. The van der Waals surface area contributed by atoms with Gasteiger partial charge in [0.2, 0.25) is 0 Å². The Labute approximate surface area is 122 Å². The fraction of sp³-hybridized carbons (Fsp3) is 0.588. The number of hydrogen-bond acceptors (Lipinski definition) is 3. The summed E-state index contributed by atoms with van der Waals surface area (Å²) in [5, 5.41) is 9.24. The maximum atomic E-state index is 12.1. The summed E-state index contributed by atoms with van der Waals surface area (Å²) in [4.78, 5) is 12.1. The third kappa shape index (κ3) is 4.64. The van der Waals surface area contributed by atoms with Crippen molar-refractivity contribution in [2.75, 3.05) is 13.2 Å². The SMILES string of the molecule is CCCCOc1cc(CC(=O)C(C)(C)CO)ccc1C. The van der Waals surface area contributed by atoms with Gasteiger partial charge in [0, 0.05) is 11.8 Å². The predicted octanol–water partition coefficient (Wildman–Crippen LogP) is 3.30. The number of ether oxygens (including phenoxy) is 1. The zero-order valence-electron chi connectivity index (χ0n) is 13.0. The van der Waals surface area contributed by atoms with Crippen LogP contribution in [0.2, 0.25) is 0 Å². The van der Waals surface area contributed by atoms with Crippen LogP contribution in [-0.2, 0) is 11.2 Å². The number of ketones is 1. The second-order valence-corrected chi connectivity index (χ2v) is 5.94. The van der Waals surface area contributed by atoms with E-state index in [-0.39, 0.29) is 12.4 Å². The van der Waals surface area contributed by atoms with Gasteiger partial charge >= 0.3 is 0 Å². The van der Waals surface area contributed by atoms with E-state index in [9.17, 15) is 9.90 Å². The highest BCUT2D eigenvalue weighted by Crippen LogP contribution is 2.23. The van der Waals surface area contributed by atoms with Crippen molar-refractivity contribution >= 4 is 5.78 Å². The highest BCUT2D eigenvalue weighted by Gasteiger charge is 2.26. The molecule has 1 N–H and O–H groups in total. The Kier molecular flexibility index (Phi) is 6.21. The van der Waals surface area contributed by atoms with E-state index in [1.54, 1.807) is 13.8 Å². The van der Waals surface area contributed by atoms with E-state index in [0.717, 1.165) is 29.7 Å². The van der Waals surface area contributed by atoms with Gasteiger partial charge in [-0.05, 0) is 30.5 Å². The van der Waals surface area contributed by atoms with Crippen LogP contribution in [0, 0.1) is 12.3 Å². The zero-order valence-corrected chi connectivity index (χ0v) is 13.0. The molecule has 0 radical (unpaired) electrons. The van der Waals surface area contributed by atoms with Crippen molar-refractivity contribution in [2.24, 2.45) is 5.41 Å². The summed E-state index contributed by atoms with van der Waals surface area (Å²) in [5.74, 6) is 0.897. The van der Waals surface area contributed by atoms with E-state index >= 15 is 0 Å². The third-order valence-corrected chi connectivity index (χ3v) is 3.52. The normalized spacial score (nSPS) is 11.4. The maximum Gasteiger partial charge on any atom is 0.145 e. The van der Waals surface area contributed by atoms with Crippen LogP contribution >= 0.6 is 0 Å². The number of aliphatic hydroxyl groups excluding tert-OH is 1. The Hall–Kier alpha value is -1.35. The van der Waals surface area contributed by atoms with E-state index in [1.165, 1.54) is 0 Å². The van der Waals surface area contributed by atoms with Crippen LogP contribution in [0.4, 0.5) is 0 Å². The summed E-state index contributed by atoms with van der Waals surface area (Å²) in [7, 11) is 0. The first-order valence-corrected chi connectivity index (χ1v) is 7.27. The average molecular weight is 278 g/mol. The highest BCUT2D eigenvalue weighted by molar-refractivity contribution is 5.86. The highest BCUT2D eigenvalue weighted by atomic mass is 16.5. The molecule has 0 atom stereocenters. The molecule has 0 amide bonds. The van der Waals surface area contributed by atoms with Crippen molar-refractivity contribution in [3.63, 3.8) is 0 Å². The number of aliphatic hydroxyl groups is 1. The topological polar surface area (TPSA) is 46.5 Å². The number of aryl methyl sites for hydroxylation is 1. The number of rotatable bonds is 8. The van der Waals surface area contributed by atoms with Gasteiger partial charge < -0.3 is 9.84 Å². The third-order valence-electron chi connectivity index (χ3n) is 3.52. The molecule has 0 spiro atoms. The zero-order chi connectivity index (χ0) is 15.2. The van der Waals surface area contributed by atoms with E-state index in [1.807, 2.05) is 25.1 Å². The second kappa shape index (κ2) is 7.44. The van der Waals surface area contributed by atoms with E-state index < -0.39 is 5.41 Å². The van der Waals surface area contributed by atoms with Crippen LogP contribution in [0.15, 0.2) is 18.2 Å². The summed E-state index contributed by atoms with van der Waals surface area (Å²) in [5.41, 5.74) is 1.33. The van der Waals surface area contributed by atoms with Crippen LogP contribution in [-0.4, -0.2) is 24.1 Å². The molecule has 3 nitrogen and oxygen atoms in total. The molecule has 0 heterocycles. The molecular formula is C17H26O3.